The van der Waals surface area contributed by atoms with Gasteiger partial charge in [0.05, 0.1) is 16.2 Å². The summed E-state index contributed by atoms with van der Waals surface area (Å²) in [5, 5.41) is 12.0. The van der Waals surface area contributed by atoms with Crippen molar-refractivity contribution >= 4 is 17.2 Å². The summed E-state index contributed by atoms with van der Waals surface area (Å²) in [6.07, 6.45) is 4.30. The van der Waals surface area contributed by atoms with Crippen LogP contribution in [0, 0.1) is 5.92 Å². The summed E-state index contributed by atoms with van der Waals surface area (Å²) in [6, 6.07) is 1.92. The van der Waals surface area contributed by atoms with E-state index in [2.05, 4.69) is 31.5 Å². The molecule has 30 heavy (non-hydrogen) atoms. The Bertz CT molecular complexity index is 867. The zero-order valence-corrected chi connectivity index (χ0v) is 19.9. The quantitative estimate of drug-likeness (QED) is 0.742. The molecular formula is C23H35N3O3S. The second-order valence-corrected chi connectivity index (χ2v) is 11.0. The predicted molar refractivity (Wildman–Crippen MR) is 121 cm³/mol. The predicted octanol–water partition coefficient (Wildman–Crippen LogP) is 4.18. The minimum atomic E-state index is -0.922. The third kappa shape index (κ3) is 5.71. The molecule has 166 valence electrons. The van der Waals surface area contributed by atoms with Crippen molar-refractivity contribution in [2.45, 2.75) is 65.0 Å². The summed E-state index contributed by atoms with van der Waals surface area (Å²) in [4.78, 5) is 19.9. The van der Waals surface area contributed by atoms with E-state index in [4.69, 9.17) is 9.72 Å². The van der Waals surface area contributed by atoms with Crippen molar-refractivity contribution < 1.29 is 14.6 Å². The number of ether oxygens (including phenoxy) is 1. The van der Waals surface area contributed by atoms with E-state index in [9.17, 15) is 9.90 Å². The number of imidazole rings is 1. The summed E-state index contributed by atoms with van der Waals surface area (Å²) in [5.41, 5.74) is 0.892. The van der Waals surface area contributed by atoms with Gasteiger partial charge in [-0.05, 0) is 38.7 Å². The van der Waals surface area contributed by atoms with Crippen molar-refractivity contribution in [1.29, 1.82) is 0 Å². The number of hydrogen-bond donors (Lipinski definition) is 1. The fraction of sp³-hybridized carbons (Fsp3) is 0.652. The number of amides is 1. The Labute approximate surface area is 183 Å². The molecule has 0 saturated carbocycles. The summed E-state index contributed by atoms with van der Waals surface area (Å²) in [7, 11) is 1.72. The Morgan fingerprint density at radius 2 is 1.97 bits per heavy atom. The zero-order chi connectivity index (χ0) is 22.1. The van der Waals surface area contributed by atoms with Crippen molar-refractivity contribution in [2.75, 3.05) is 26.8 Å². The number of rotatable bonds is 6. The van der Waals surface area contributed by atoms with Crippen LogP contribution in [0.3, 0.4) is 0 Å². The minimum absolute atomic E-state index is 0.0645. The molecule has 0 atom stereocenters. The van der Waals surface area contributed by atoms with Gasteiger partial charge >= 0.3 is 0 Å². The van der Waals surface area contributed by atoms with Crippen LogP contribution in [-0.4, -0.2) is 57.9 Å². The average Bonchev–Trinajstić information content (AvgIpc) is 3.27. The maximum atomic E-state index is 12.7. The molecule has 1 aliphatic heterocycles. The maximum absolute atomic E-state index is 12.7. The molecule has 0 aliphatic carbocycles. The normalized spacial score (nSPS) is 16.1. The van der Waals surface area contributed by atoms with Crippen LogP contribution in [0.4, 0.5) is 0 Å². The zero-order valence-electron chi connectivity index (χ0n) is 19.1. The van der Waals surface area contributed by atoms with Crippen molar-refractivity contribution in [3.8, 4) is 11.3 Å². The van der Waals surface area contributed by atoms with Gasteiger partial charge in [-0.25, -0.2) is 4.98 Å². The number of carbonyl (C=O) groups is 1. The number of nitrogens with zero attached hydrogens (tertiary/aromatic N) is 3. The van der Waals surface area contributed by atoms with Gasteiger partial charge in [-0.3, -0.25) is 4.79 Å². The molecular weight excluding hydrogens is 398 g/mol. The highest BCUT2D eigenvalue weighted by Gasteiger charge is 2.26. The van der Waals surface area contributed by atoms with Gasteiger partial charge in [0.2, 0.25) is 0 Å². The van der Waals surface area contributed by atoms with Crippen LogP contribution in [0.25, 0.3) is 11.3 Å². The highest BCUT2D eigenvalue weighted by atomic mass is 32.1. The molecule has 1 saturated heterocycles. The first kappa shape index (κ1) is 23.0. The van der Waals surface area contributed by atoms with E-state index in [1.54, 1.807) is 25.8 Å². The molecule has 0 bridgehead atoms. The summed E-state index contributed by atoms with van der Waals surface area (Å²) >= 11 is 1.43. The number of likely N-dealkylation sites (N-methyl/N-ethyl adjacent to an activating group) is 1. The van der Waals surface area contributed by atoms with E-state index in [-0.39, 0.29) is 17.9 Å². The Balaban J connectivity index is 1.83. The fourth-order valence-corrected chi connectivity index (χ4v) is 4.82. The summed E-state index contributed by atoms with van der Waals surface area (Å²) in [6.45, 7) is 12.9. The lowest BCUT2D eigenvalue weighted by atomic mass is 9.94. The maximum Gasteiger partial charge on any atom is 0.263 e. The third-order valence-electron chi connectivity index (χ3n) is 5.32. The highest BCUT2D eigenvalue weighted by Crippen LogP contribution is 2.31. The minimum Gasteiger partial charge on any atom is -0.389 e. The van der Waals surface area contributed by atoms with Gasteiger partial charge in [0.1, 0.15) is 5.82 Å². The molecule has 0 unspecified atom stereocenters. The molecule has 7 heteroatoms. The number of carbonyl (C=O) groups excluding carboxylic acids is 1. The average molecular weight is 434 g/mol. The molecule has 1 fully saturated rings. The van der Waals surface area contributed by atoms with Gasteiger partial charge in [-0.2, -0.15) is 0 Å². The molecule has 1 aliphatic rings. The van der Waals surface area contributed by atoms with E-state index >= 15 is 0 Å². The van der Waals surface area contributed by atoms with E-state index < -0.39 is 5.60 Å². The Kier molecular flexibility index (Phi) is 6.75. The van der Waals surface area contributed by atoms with Gasteiger partial charge in [-0.1, -0.05) is 20.8 Å². The molecule has 6 nitrogen and oxygen atoms in total. The van der Waals surface area contributed by atoms with Crippen molar-refractivity contribution in [2.24, 2.45) is 5.92 Å². The lowest BCUT2D eigenvalue weighted by Gasteiger charge is -2.25. The van der Waals surface area contributed by atoms with Crippen LogP contribution in [0.1, 0.15) is 63.0 Å². The van der Waals surface area contributed by atoms with E-state index in [0.29, 0.717) is 10.8 Å². The summed E-state index contributed by atoms with van der Waals surface area (Å²) in [5.74, 6) is 1.60. The molecule has 1 N–H and O–H groups in total. The van der Waals surface area contributed by atoms with Crippen LogP contribution >= 0.6 is 11.3 Å². The molecule has 0 spiro atoms. The second kappa shape index (κ2) is 8.81. The first-order valence-corrected chi connectivity index (χ1v) is 11.5. The van der Waals surface area contributed by atoms with Crippen LogP contribution < -0.4 is 0 Å². The molecule has 2 aromatic heterocycles. The van der Waals surface area contributed by atoms with E-state index in [1.165, 1.54) is 11.3 Å². The van der Waals surface area contributed by atoms with Crippen molar-refractivity contribution in [1.82, 2.24) is 14.5 Å². The van der Waals surface area contributed by atoms with Crippen molar-refractivity contribution in [3.05, 3.63) is 28.3 Å². The largest absolute Gasteiger partial charge is 0.389 e. The molecule has 0 radical (unpaired) electrons. The smallest absolute Gasteiger partial charge is 0.263 e. The lowest BCUT2D eigenvalue weighted by molar-refractivity contribution is 0.0370. The van der Waals surface area contributed by atoms with Crippen molar-refractivity contribution in [3.63, 3.8) is 0 Å². The van der Waals surface area contributed by atoms with E-state index in [1.807, 2.05) is 11.4 Å². The molecule has 1 amide bonds. The molecule has 2 aromatic rings. The second-order valence-electron chi connectivity index (χ2n) is 10.1. The lowest BCUT2D eigenvalue weighted by Crippen LogP contribution is -2.39. The highest BCUT2D eigenvalue weighted by molar-refractivity contribution is 7.12. The SMILES string of the molecule is CN(CC(C)(C)O)C(=O)c1cc(-c2cn(CC3CCOCC3)c(C(C)(C)C)n2)cs1. The standard InChI is InChI=1S/C23H35N3O3S/c1-22(2,3)21-24-18(13-26(21)12-16-7-9-29-10-8-16)17-11-19(30-14-17)20(27)25(6)15-23(4,5)28/h11,13-14,16,28H,7-10,12,15H2,1-6H3. The van der Waals surface area contributed by atoms with Gasteiger partial charge in [0, 0.05) is 55.9 Å². The van der Waals surface area contributed by atoms with Gasteiger partial charge < -0.3 is 19.3 Å². The number of thiophene rings is 1. The summed E-state index contributed by atoms with van der Waals surface area (Å²) < 4.78 is 7.81. The Hall–Kier alpha value is -1.70. The van der Waals surface area contributed by atoms with Gasteiger partial charge in [-0.15, -0.1) is 11.3 Å². The topological polar surface area (TPSA) is 67.6 Å². The van der Waals surface area contributed by atoms with Crippen LogP contribution in [0.15, 0.2) is 17.6 Å². The first-order valence-electron chi connectivity index (χ1n) is 10.7. The molecule has 0 aromatic carbocycles. The fourth-order valence-electron chi connectivity index (χ4n) is 3.92. The molecule has 3 heterocycles. The van der Waals surface area contributed by atoms with E-state index in [0.717, 1.165) is 49.7 Å². The number of hydrogen-bond acceptors (Lipinski definition) is 5. The Morgan fingerprint density at radius 1 is 1.30 bits per heavy atom. The molecule has 3 rings (SSSR count). The van der Waals surface area contributed by atoms with Gasteiger partial charge in [0.15, 0.2) is 0 Å². The van der Waals surface area contributed by atoms with Gasteiger partial charge in [0.25, 0.3) is 5.91 Å². The third-order valence-corrected chi connectivity index (χ3v) is 6.24. The monoisotopic (exact) mass is 433 g/mol. The van der Waals surface area contributed by atoms with Crippen LogP contribution in [0.5, 0.6) is 0 Å². The van der Waals surface area contributed by atoms with Crippen LogP contribution in [-0.2, 0) is 16.7 Å². The number of aliphatic hydroxyl groups is 1. The first-order chi connectivity index (χ1) is 13.9. The number of aromatic nitrogens is 2. The van der Waals surface area contributed by atoms with Crippen LogP contribution in [0.2, 0.25) is 0 Å². The Morgan fingerprint density at radius 3 is 2.57 bits per heavy atom.